The summed E-state index contributed by atoms with van der Waals surface area (Å²) in [7, 11) is 0. The van der Waals surface area contributed by atoms with Crippen molar-refractivity contribution in [3.05, 3.63) is 24.2 Å². The zero-order valence-electron chi connectivity index (χ0n) is 14.1. The topological polar surface area (TPSA) is 69.8 Å². The number of nitrogens with zero attached hydrogens (tertiary/aromatic N) is 1. The third kappa shape index (κ3) is 7.04. The number of alkyl halides is 3. The molecule has 1 heterocycles. The molecule has 144 valence electrons. The van der Waals surface area contributed by atoms with Crippen molar-refractivity contribution in [1.29, 1.82) is 0 Å². The van der Waals surface area contributed by atoms with Crippen LogP contribution >= 0.6 is 24.0 Å². The number of halogens is 4. The minimum absolute atomic E-state index is 0. The Bertz CT molecular complexity index is 523. The quantitative estimate of drug-likeness (QED) is 0.346. The number of furan rings is 1. The molecule has 3 unspecified atom stereocenters. The van der Waals surface area contributed by atoms with Crippen LogP contribution in [0.25, 0.3) is 0 Å². The van der Waals surface area contributed by atoms with Gasteiger partial charge in [0.15, 0.2) is 5.96 Å². The summed E-state index contributed by atoms with van der Waals surface area (Å²) in [5, 5.41) is 16.0. The van der Waals surface area contributed by atoms with Gasteiger partial charge in [-0.25, -0.2) is 0 Å². The second-order valence-electron chi connectivity index (χ2n) is 6.00. The Morgan fingerprint density at radius 3 is 2.80 bits per heavy atom. The molecule has 1 aromatic heterocycles. The molecule has 9 heteroatoms. The van der Waals surface area contributed by atoms with Crippen molar-refractivity contribution in [1.82, 2.24) is 10.6 Å². The average Bonchev–Trinajstić information content (AvgIpc) is 3.06. The molecule has 5 nitrogen and oxygen atoms in total. The molecule has 0 bridgehead atoms. The predicted octanol–water partition coefficient (Wildman–Crippen LogP) is 3.61. The second kappa shape index (κ2) is 10.2. The van der Waals surface area contributed by atoms with E-state index in [0.717, 1.165) is 0 Å². The molecule has 0 aromatic carbocycles. The molecule has 0 aliphatic heterocycles. The van der Waals surface area contributed by atoms with E-state index in [0.29, 0.717) is 31.1 Å². The van der Waals surface area contributed by atoms with Crippen molar-refractivity contribution < 1.29 is 22.7 Å². The van der Waals surface area contributed by atoms with E-state index in [9.17, 15) is 18.3 Å². The van der Waals surface area contributed by atoms with Gasteiger partial charge in [0.25, 0.3) is 0 Å². The summed E-state index contributed by atoms with van der Waals surface area (Å²) in [4.78, 5) is 4.25. The Labute approximate surface area is 162 Å². The number of guanidine groups is 1. The van der Waals surface area contributed by atoms with Crippen LogP contribution in [0.3, 0.4) is 0 Å². The Balaban J connectivity index is 0.00000312. The van der Waals surface area contributed by atoms with Gasteiger partial charge >= 0.3 is 6.18 Å². The molecule has 1 fully saturated rings. The first kappa shape index (κ1) is 22.1. The van der Waals surface area contributed by atoms with Gasteiger partial charge in [-0.3, -0.25) is 4.99 Å². The summed E-state index contributed by atoms with van der Waals surface area (Å²) in [6.45, 7) is 2.52. The second-order valence-corrected chi connectivity index (χ2v) is 6.00. The largest absolute Gasteiger partial charge is 0.467 e. The van der Waals surface area contributed by atoms with E-state index < -0.39 is 18.2 Å². The third-order valence-corrected chi connectivity index (χ3v) is 4.12. The predicted molar refractivity (Wildman–Crippen MR) is 100.0 cm³/mol. The van der Waals surface area contributed by atoms with Gasteiger partial charge in [0.2, 0.25) is 0 Å². The Kier molecular flexibility index (Phi) is 9.04. The highest BCUT2D eigenvalue weighted by atomic mass is 127. The molecule has 0 amide bonds. The lowest BCUT2D eigenvalue weighted by Crippen LogP contribution is -2.47. The van der Waals surface area contributed by atoms with Gasteiger partial charge in [0, 0.05) is 12.6 Å². The van der Waals surface area contributed by atoms with E-state index >= 15 is 0 Å². The van der Waals surface area contributed by atoms with Gasteiger partial charge in [-0.15, -0.1) is 24.0 Å². The maximum atomic E-state index is 12.9. The van der Waals surface area contributed by atoms with Crippen LogP contribution in [0.15, 0.2) is 27.8 Å². The SMILES string of the molecule is CCNC(=NCC(O)c1ccco1)NC1CCCC(C(F)(F)F)C1.I. The van der Waals surface area contributed by atoms with Crippen LogP contribution in [0.2, 0.25) is 0 Å². The van der Waals surface area contributed by atoms with Crippen molar-refractivity contribution in [2.75, 3.05) is 13.1 Å². The first-order valence-corrected chi connectivity index (χ1v) is 8.23. The summed E-state index contributed by atoms with van der Waals surface area (Å²) < 4.78 is 43.8. The standard InChI is InChI=1S/C16H24F3N3O2.HI/c1-2-20-15(21-10-13(23)14-7-4-8-24-14)22-12-6-3-5-11(9-12)16(17,18)19;/h4,7-8,11-13,23H,2-3,5-6,9-10H2,1H3,(H2,20,21,22);1H. The van der Waals surface area contributed by atoms with Gasteiger partial charge in [-0.05, 0) is 38.3 Å². The van der Waals surface area contributed by atoms with E-state index in [2.05, 4.69) is 15.6 Å². The van der Waals surface area contributed by atoms with E-state index in [1.807, 2.05) is 6.92 Å². The van der Waals surface area contributed by atoms with Gasteiger partial charge in [-0.2, -0.15) is 13.2 Å². The highest BCUT2D eigenvalue weighted by Gasteiger charge is 2.42. The maximum Gasteiger partial charge on any atom is 0.391 e. The van der Waals surface area contributed by atoms with Crippen LogP contribution in [0.5, 0.6) is 0 Å². The highest BCUT2D eigenvalue weighted by Crippen LogP contribution is 2.37. The zero-order chi connectivity index (χ0) is 17.6. The number of aliphatic imine (C=N–C) groups is 1. The number of nitrogens with one attached hydrogen (secondary N) is 2. The average molecular weight is 475 g/mol. The van der Waals surface area contributed by atoms with E-state index in [1.165, 1.54) is 6.26 Å². The van der Waals surface area contributed by atoms with Crippen LogP contribution in [0.1, 0.15) is 44.5 Å². The highest BCUT2D eigenvalue weighted by molar-refractivity contribution is 14.0. The lowest BCUT2D eigenvalue weighted by Gasteiger charge is -2.32. The summed E-state index contributed by atoms with van der Waals surface area (Å²) in [5.74, 6) is -0.444. The molecule has 2 rings (SSSR count). The molecule has 3 atom stereocenters. The first-order chi connectivity index (χ1) is 11.4. The molecule has 0 saturated heterocycles. The van der Waals surface area contributed by atoms with E-state index in [-0.39, 0.29) is 49.4 Å². The Morgan fingerprint density at radius 2 is 2.20 bits per heavy atom. The lowest BCUT2D eigenvalue weighted by atomic mass is 9.85. The normalized spacial score (nSPS) is 22.8. The summed E-state index contributed by atoms with van der Waals surface area (Å²) in [6.07, 6.45) is -2.12. The number of aliphatic hydroxyl groups is 1. The van der Waals surface area contributed by atoms with Gasteiger partial charge in [-0.1, -0.05) is 6.42 Å². The number of hydrogen-bond donors (Lipinski definition) is 3. The Hall–Kier alpha value is -0.970. The van der Waals surface area contributed by atoms with Crippen molar-refractivity contribution in [2.45, 2.75) is 50.9 Å². The molecule has 1 saturated carbocycles. The van der Waals surface area contributed by atoms with Crippen LogP contribution in [0.4, 0.5) is 13.2 Å². The summed E-state index contributed by atoms with van der Waals surface area (Å²) >= 11 is 0. The van der Waals surface area contributed by atoms with Crippen molar-refractivity contribution >= 4 is 29.9 Å². The fraction of sp³-hybridized carbons (Fsp3) is 0.688. The monoisotopic (exact) mass is 475 g/mol. The minimum atomic E-state index is -4.15. The molecule has 3 N–H and O–H groups in total. The van der Waals surface area contributed by atoms with Crippen LogP contribution in [-0.2, 0) is 0 Å². The fourth-order valence-electron chi connectivity index (χ4n) is 2.88. The number of rotatable bonds is 5. The van der Waals surface area contributed by atoms with Crippen LogP contribution in [-0.4, -0.2) is 36.4 Å². The Morgan fingerprint density at radius 1 is 1.44 bits per heavy atom. The van der Waals surface area contributed by atoms with Gasteiger partial charge in [0.1, 0.15) is 11.9 Å². The number of aliphatic hydroxyl groups excluding tert-OH is 1. The van der Waals surface area contributed by atoms with Crippen molar-refractivity contribution in [2.24, 2.45) is 10.9 Å². The van der Waals surface area contributed by atoms with Gasteiger partial charge < -0.3 is 20.2 Å². The molecule has 0 radical (unpaired) electrons. The molecule has 25 heavy (non-hydrogen) atoms. The maximum absolute atomic E-state index is 12.9. The van der Waals surface area contributed by atoms with Gasteiger partial charge in [0.05, 0.1) is 18.7 Å². The van der Waals surface area contributed by atoms with E-state index in [4.69, 9.17) is 4.42 Å². The summed E-state index contributed by atoms with van der Waals surface area (Å²) in [5.41, 5.74) is 0. The third-order valence-electron chi connectivity index (χ3n) is 4.12. The molecule has 1 aromatic rings. The first-order valence-electron chi connectivity index (χ1n) is 8.23. The minimum Gasteiger partial charge on any atom is -0.467 e. The zero-order valence-corrected chi connectivity index (χ0v) is 16.4. The molecule has 0 spiro atoms. The lowest BCUT2D eigenvalue weighted by molar-refractivity contribution is -0.183. The molecule has 1 aliphatic carbocycles. The summed E-state index contributed by atoms with van der Waals surface area (Å²) in [6, 6.07) is 3.05. The fourth-order valence-corrected chi connectivity index (χ4v) is 2.88. The van der Waals surface area contributed by atoms with Crippen molar-refractivity contribution in [3.63, 3.8) is 0 Å². The van der Waals surface area contributed by atoms with Crippen LogP contribution < -0.4 is 10.6 Å². The van der Waals surface area contributed by atoms with Crippen LogP contribution in [0, 0.1) is 5.92 Å². The number of hydrogen-bond acceptors (Lipinski definition) is 3. The molecular weight excluding hydrogens is 450 g/mol. The van der Waals surface area contributed by atoms with Crippen molar-refractivity contribution in [3.8, 4) is 0 Å². The smallest absolute Gasteiger partial charge is 0.391 e. The van der Waals surface area contributed by atoms with E-state index in [1.54, 1.807) is 12.1 Å². The molecule has 1 aliphatic rings. The molecular formula is C16H25F3IN3O2.